The maximum atomic E-state index is 9.89. The van der Waals surface area contributed by atoms with Crippen molar-refractivity contribution in [3.8, 4) is 5.88 Å². The van der Waals surface area contributed by atoms with Crippen molar-refractivity contribution in [2.45, 2.75) is 39.7 Å². The molecule has 1 heterocycles. The molecule has 1 atom stereocenters. The second kappa shape index (κ2) is 5.82. The first-order valence-corrected chi connectivity index (χ1v) is 5.91. The Morgan fingerprint density at radius 3 is 2.71 bits per heavy atom. The van der Waals surface area contributed by atoms with Gasteiger partial charge in [-0.2, -0.15) is 4.98 Å². The molecule has 0 aliphatic rings. The van der Waals surface area contributed by atoms with Crippen molar-refractivity contribution in [2.75, 3.05) is 18.5 Å². The highest BCUT2D eigenvalue weighted by Crippen LogP contribution is 2.15. The van der Waals surface area contributed by atoms with Gasteiger partial charge < -0.3 is 15.2 Å². The van der Waals surface area contributed by atoms with Crippen LogP contribution in [0.2, 0.25) is 0 Å². The van der Waals surface area contributed by atoms with E-state index in [1.165, 1.54) is 0 Å². The normalized spacial score (nSPS) is 14.2. The van der Waals surface area contributed by atoms with Crippen LogP contribution in [-0.2, 0) is 0 Å². The average molecular weight is 239 g/mol. The number of rotatable bonds is 6. The Balaban J connectivity index is 2.70. The smallest absolute Gasteiger partial charge is 0.218 e. The van der Waals surface area contributed by atoms with Gasteiger partial charge >= 0.3 is 0 Å². The lowest BCUT2D eigenvalue weighted by Crippen LogP contribution is -2.32. The molecule has 1 aromatic heterocycles. The Morgan fingerprint density at radius 1 is 1.41 bits per heavy atom. The number of ether oxygens (including phenoxy) is 1. The summed E-state index contributed by atoms with van der Waals surface area (Å²) in [6.07, 6.45) is 0.683. The van der Waals surface area contributed by atoms with E-state index in [2.05, 4.69) is 15.3 Å². The summed E-state index contributed by atoms with van der Waals surface area (Å²) < 4.78 is 5.33. The van der Waals surface area contributed by atoms with Gasteiger partial charge in [-0.1, -0.05) is 6.92 Å². The van der Waals surface area contributed by atoms with E-state index in [0.29, 0.717) is 37.1 Å². The molecule has 5 heteroatoms. The molecule has 0 saturated carbocycles. The summed E-state index contributed by atoms with van der Waals surface area (Å²) in [6.45, 7) is 8.47. The van der Waals surface area contributed by atoms with Crippen molar-refractivity contribution < 1.29 is 9.84 Å². The van der Waals surface area contributed by atoms with E-state index in [1.54, 1.807) is 13.0 Å². The van der Waals surface area contributed by atoms with Crippen molar-refractivity contribution in [3.05, 3.63) is 11.9 Å². The third kappa shape index (κ3) is 4.56. The number of nitrogens with one attached hydrogen (secondary N) is 1. The SMILES string of the molecule is CCOc1cc(NCC(C)(O)CC)nc(C)n1. The minimum Gasteiger partial charge on any atom is -0.478 e. The second-order valence-electron chi connectivity index (χ2n) is 4.28. The average Bonchev–Trinajstić information content (AvgIpc) is 2.26. The lowest BCUT2D eigenvalue weighted by atomic mass is 10.0. The first-order valence-electron chi connectivity index (χ1n) is 5.91. The van der Waals surface area contributed by atoms with Gasteiger partial charge in [-0.25, -0.2) is 4.98 Å². The maximum Gasteiger partial charge on any atom is 0.218 e. The van der Waals surface area contributed by atoms with Crippen molar-refractivity contribution in [1.29, 1.82) is 0 Å². The molecule has 0 radical (unpaired) electrons. The topological polar surface area (TPSA) is 67.3 Å². The van der Waals surface area contributed by atoms with Crippen molar-refractivity contribution >= 4 is 5.82 Å². The van der Waals surface area contributed by atoms with Crippen molar-refractivity contribution in [2.24, 2.45) is 0 Å². The lowest BCUT2D eigenvalue weighted by molar-refractivity contribution is 0.0696. The van der Waals surface area contributed by atoms with Crippen LogP contribution in [0.15, 0.2) is 6.07 Å². The Hall–Kier alpha value is -1.36. The third-order valence-electron chi connectivity index (χ3n) is 2.52. The molecule has 0 fully saturated rings. The van der Waals surface area contributed by atoms with Crippen LogP contribution in [0.25, 0.3) is 0 Å². The monoisotopic (exact) mass is 239 g/mol. The molecule has 1 rings (SSSR count). The molecular weight excluding hydrogens is 218 g/mol. The molecule has 5 nitrogen and oxygen atoms in total. The van der Waals surface area contributed by atoms with E-state index < -0.39 is 5.60 Å². The summed E-state index contributed by atoms with van der Waals surface area (Å²) in [7, 11) is 0. The summed E-state index contributed by atoms with van der Waals surface area (Å²) in [5.41, 5.74) is -0.732. The number of aromatic nitrogens is 2. The maximum absolute atomic E-state index is 9.89. The summed E-state index contributed by atoms with van der Waals surface area (Å²) in [6, 6.07) is 1.74. The van der Waals surface area contributed by atoms with Gasteiger partial charge in [0.05, 0.1) is 12.2 Å². The molecule has 0 aliphatic carbocycles. The van der Waals surface area contributed by atoms with Crippen molar-refractivity contribution in [1.82, 2.24) is 9.97 Å². The van der Waals surface area contributed by atoms with Gasteiger partial charge in [0.25, 0.3) is 0 Å². The van der Waals surface area contributed by atoms with E-state index in [9.17, 15) is 5.11 Å². The molecule has 0 spiro atoms. The van der Waals surface area contributed by atoms with E-state index in [4.69, 9.17) is 4.74 Å². The minimum atomic E-state index is -0.732. The van der Waals surface area contributed by atoms with Gasteiger partial charge in [0.15, 0.2) is 0 Å². The van der Waals surface area contributed by atoms with Crippen LogP contribution in [0.5, 0.6) is 5.88 Å². The van der Waals surface area contributed by atoms with Crippen LogP contribution in [0.3, 0.4) is 0 Å². The molecule has 0 bridgehead atoms. The van der Waals surface area contributed by atoms with Crippen LogP contribution < -0.4 is 10.1 Å². The zero-order chi connectivity index (χ0) is 12.9. The van der Waals surface area contributed by atoms with Gasteiger partial charge in [0.2, 0.25) is 5.88 Å². The van der Waals surface area contributed by atoms with Crippen LogP contribution >= 0.6 is 0 Å². The Kier molecular flexibility index (Phi) is 4.69. The number of hydrogen-bond donors (Lipinski definition) is 2. The summed E-state index contributed by atoms with van der Waals surface area (Å²) in [5, 5.41) is 13.0. The third-order valence-corrected chi connectivity index (χ3v) is 2.52. The van der Waals surface area contributed by atoms with Crippen LogP contribution in [0.1, 0.15) is 33.0 Å². The van der Waals surface area contributed by atoms with Gasteiger partial charge in [0.1, 0.15) is 11.6 Å². The van der Waals surface area contributed by atoms with Crippen LogP contribution in [0, 0.1) is 6.92 Å². The highest BCUT2D eigenvalue weighted by molar-refractivity contribution is 5.38. The number of aryl methyl sites for hydroxylation is 1. The number of hydrogen-bond acceptors (Lipinski definition) is 5. The molecule has 0 amide bonds. The highest BCUT2D eigenvalue weighted by Gasteiger charge is 2.17. The van der Waals surface area contributed by atoms with Crippen molar-refractivity contribution in [3.63, 3.8) is 0 Å². The molecule has 0 aromatic carbocycles. The Bertz CT molecular complexity index is 367. The van der Waals surface area contributed by atoms with Gasteiger partial charge in [0, 0.05) is 12.6 Å². The van der Waals surface area contributed by atoms with Gasteiger partial charge in [-0.3, -0.25) is 0 Å². The quantitative estimate of drug-likeness (QED) is 0.791. The van der Waals surface area contributed by atoms with E-state index in [1.807, 2.05) is 20.8 Å². The molecular formula is C12H21N3O2. The zero-order valence-corrected chi connectivity index (χ0v) is 10.9. The molecule has 0 aliphatic heterocycles. The largest absolute Gasteiger partial charge is 0.478 e. The van der Waals surface area contributed by atoms with Gasteiger partial charge in [-0.15, -0.1) is 0 Å². The fourth-order valence-corrected chi connectivity index (χ4v) is 1.26. The predicted molar refractivity (Wildman–Crippen MR) is 67.3 cm³/mol. The lowest BCUT2D eigenvalue weighted by Gasteiger charge is -2.22. The second-order valence-corrected chi connectivity index (χ2v) is 4.28. The number of anilines is 1. The molecule has 1 unspecified atom stereocenters. The highest BCUT2D eigenvalue weighted by atomic mass is 16.5. The van der Waals surface area contributed by atoms with E-state index in [-0.39, 0.29) is 0 Å². The first-order chi connectivity index (χ1) is 7.96. The zero-order valence-electron chi connectivity index (χ0n) is 10.9. The van der Waals surface area contributed by atoms with E-state index >= 15 is 0 Å². The summed E-state index contributed by atoms with van der Waals surface area (Å²) >= 11 is 0. The molecule has 96 valence electrons. The number of nitrogens with zero attached hydrogens (tertiary/aromatic N) is 2. The fraction of sp³-hybridized carbons (Fsp3) is 0.667. The Labute approximate surface area is 102 Å². The Morgan fingerprint density at radius 2 is 2.12 bits per heavy atom. The first kappa shape index (κ1) is 13.7. The molecule has 0 saturated heterocycles. The minimum absolute atomic E-state index is 0.450. The summed E-state index contributed by atoms with van der Waals surface area (Å²) in [4.78, 5) is 8.39. The molecule has 2 N–H and O–H groups in total. The van der Waals surface area contributed by atoms with E-state index in [0.717, 1.165) is 0 Å². The molecule has 17 heavy (non-hydrogen) atoms. The van der Waals surface area contributed by atoms with Gasteiger partial charge in [-0.05, 0) is 27.2 Å². The molecule has 1 aromatic rings. The predicted octanol–water partition coefficient (Wildman–Crippen LogP) is 1.76. The summed E-state index contributed by atoms with van der Waals surface area (Å²) in [5.74, 6) is 1.88. The van der Waals surface area contributed by atoms with Crippen LogP contribution in [0.4, 0.5) is 5.82 Å². The fourth-order valence-electron chi connectivity index (χ4n) is 1.26. The standard InChI is InChI=1S/C12H21N3O2/c1-5-12(4,16)8-13-10-7-11(17-6-2)15-9(3)14-10/h7,16H,5-6,8H2,1-4H3,(H,13,14,15). The van der Waals surface area contributed by atoms with Crippen LogP contribution in [-0.4, -0.2) is 33.8 Å². The number of aliphatic hydroxyl groups is 1.